The Labute approximate surface area is 232 Å². The van der Waals surface area contributed by atoms with Gasteiger partial charge in [0.15, 0.2) is 0 Å². The molecule has 1 atom stereocenters. The molecule has 0 saturated carbocycles. The number of aromatic amines is 1. The molecule has 4 rings (SSSR count). The van der Waals surface area contributed by atoms with Crippen LogP contribution in [0.4, 0.5) is 24.8 Å². The van der Waals surface area contributed by atoms with Crippen LogP contribution >= 0.6 is 0 Å². The van der Waals surface area contributed by atoms with Gasteiger partial charge in [0.2, 0.25) is 5.95 Å². The van der Waals surface area contributed by atoms with Gasteiger partial charge in [-0.3, -0.25) is 9.69 Å². The number of halogens is 3. The van der Waals surface area contributed by atoms with Crippen LogP contribution in [0.15, 0.2) is 58.5 Å². The number of hydrogen-bond acceptors (Lipinski definition) is 7. The molecular formula is C27H28F3N6O5+. The first-order chi connectivity index (χ1) is 19.2. The number of rotatable bonds is 5. The van der Waals surface area contributed by atoms with Crippen LogP contribution in [0.25, 0.3) is 0 Å². The van der Waals surface area contributed by atoms with E-state index < -0.39 is 29.4 Å². The number of anilines is 2. The number of aromatic nitrogens is 3. The van der Waals surface area contributed by atoms with Crippen LogP contribution in [0.2, 0.25) is 0 Å². The van der Waals surface area contributed by atoms with Gasteiger partial charge < -0.3 is 14.3 Å². The van der Waals surface area contributed by atoms with Gasteiger partial charge in [-0.1, -0.05) is 12.1 Å². The van der Waals surface area contributed by atoms with Crippen molar-refractivity contribution in [1.82, 2.24) is 14.8 Å². The zero-order valence-electron chi connectivity index (χ0n) is 22.9. The van der Waals surface area contributed by atoms with E-state index in [-0.39, 0.29) is 29.4 Å². The number of hydrogen-bond donors (Lipinski definition) is 2. The van der Waals surface area contributed by atoms with Crippen molar-refractivity contribution >= 4 is 24.1 Å². The van der Waals surface area contributed by atoms with Crippen LogP contribution < -0.4 is 10.6 Å². The first-order valence-corrected chi connectivity index (χ1v) is 12.0. The number of benzene rings is 2. The molecule has 216 valence electrons. The standard InChI is InChI=1S/C26H25F3N6O3.CH2O2/c1-15-21(23(36)38-5)22(20-10-9-16(13-30)11-17(20)14-35(2,3)4)34-24(31-32-25(34)37)33(15)19-8-6-7-18(12-19)26(27,28)29;2-1-3/h6-12,22H,14H2,1-5H3;1H,(H,2,3)/p+1/t22-;/m1./s1. The summed E-state index contributed by atoms with van der Waals surface area (Å²) in [7, 11) is 7.05. The Morgan fingerprint density at radius 2 is 1.90 bits per heavy atom. The summed E-state index contributed by atoms with van der Waals surface area (Å²) in [5.41, 5.74) is 0.458. The minimum absolute atomic E-state index is 0.00466. The van der Waals surface area contributed by atoms with Gasteiger partial charge in [0.25, 0.3) is 6.47 Å². The molecule has 0 bridgehead atoms. The van der Waals surface area contributed by atoms with Crippen molar-refractivity contribution < 1.29 is 37.1 Å². The molecule has 11 nitrogen and oxygen atoms in total. The van der Waals surface area contributed by atoms with E-state index in [2.05, 4.69) is 16.3 Å². The number of carboxylic acid groups (broad SMARTS) is 1. The third-order valence-corrected chi connectivity index (χ3v) is 6.19. The summed E-state index contributed by atoms with van der Waals surface area (Å²) in [6, 6.07) is 10.6. The van der Waals surface area contributed by atoms with Crippen molar-refractivity contribution in [3.8, 4) is 6.07 Å². The monoisotopic (exact) mass is 573 g/mol. The molecule has 41 heavy (non-hydrogen) atoms. The molecule has 0 aliphatic carbocycles. The highest BCUT2D eigenvalue weighted by molar-refractivity contribution is 5.93. The number of nitrogens with one attached hydrogen (secondary N) is 1. The Morgan fingerprint density at radius 1 is 1.24 bits per heavy atom. The molecule has 14 heteroatoms. The molecule has 2 heterocycles. The number of esters is 1. The molecule has 0 amide bonds. The van der Waals surface area contributed by atoms with Gasteiger partial charge in [-0.25, -0.2) is 19.3 Å². The maximum absolute atomic E-state index is 13.5. The largest absolute Gasteiger partial charge is 0.483 e. The average molecular weight is 574 g/mol. The minimum Gasteiger partial charge on any atom is -0.483 e. The van der Waals surface area contributed by atoms with E-state index in [1.165, 1.54) is 28.7 Å². The predicted molar refractivity (Wildman–Crippen MR) is 141 cm³/mol. The molecule has 1 aliphatic rings. The zero-order chi connectivity index (χ0) is 30.7. The van der Waals surface area contributed by atoms with Gasteiger partial charge in [-0.05, 0) is 42.8 Å². The number of carbonyl (C=O) groups is 2. The number of nitriles is 1. The number of H-pyrrole nitrogens is 1. The fraction of sp³-hybridized carbons (Fsp3) is 0.296. The van der Waals surface area contributed by atoms with Gasteiger partial charge in [0.1, 0.15) is 12.6 Å². The van der Waals surface area contributed by atoms with Crippen molar-refractivity contribution in [3.63, 3.8) is 0 Å². The zero-order valence-corrected chi connectivity index (χ0v) is 22.9. The van der Waals surface area contributed by atoms with Crippen LogP contribution in [0.5, 0.6) is 0 Å². The topological polar surface area (TPSA) is 141 Å². The van der Waals surface area contributed by atoms with Crippen molar-refractivity contribution in [1.29, 1.82) is 5.26 Å². The lowest BCUT2D eigenvalue weighted by atomic mass is 9.89. The summed E-state index contributed by atoms with van der Waals surface area (Å²) in [6.45, 7) is 1.76. The highest BCUT2D eigenvalue weighted by Gasteiger charge is 2.41. The van der Waals surface area contributed by atoms with Gasteiger partial charge in [0.05, 0.1) is 51.0 Å². The average Bonchev–Trinajstić information content (AvgIpc) is 3.27. The van der Waals surface area contributed by atoms with Crippen molar-refractivity contribution in [3.05, 3.63) is 86.5 Å². The van der Waals surface area contributed by atoms with Gasteiger partial charge in [-0.2, -0.15) is 18.4 Å². The summed E-state index contributed by atoms with van der Waals surface area (Å²) < 4.78 is 47.3. The number of ether oxygens (including phenoxy) is 1. The lowest BCUT2D eigenvalue weighted by Gasteiger charge is -2.36. The molecule has 0 saturated heterocycles. The second kappa shape index (κ2) is 11.7. The number of nitrogens with zero attached hydrogens (tertiary/aromatic N) is 5. The SMILES string of the molecule is COC(=O)C1=C(C)N(c2cccc(C(F)(F)F)c2)c2n[nH]c(=O)n2[C@@H]1c1ccc(C#N)cc1C[N+](C)(C)C.O=CO. The molecular weight excluding hydrogens is 545 g/mol. The number of allylic oxidation sites excluding steroid dienone is 1. The molecule has 0 spiro atoms. The van der Waals surface area contributed by atoms with E-state index >= 15 is 0 Å². The molecule has 2 N–H and O–H groups in total. The Hall–Kier alpha value is -4.90. The molecule has 0 unspecified atom stereocenters. The van der Waals surface area contributed by atoms with E-state index in [4.69, 9.17) is 14.6 Å². The lowest BCUT2D eigenvalue weighted by molar-refractivity contribution is -0.884. The van der Waals surface area contributed by atoms with Crippen LogP contribution in [-0.2, 0) is 27.0 Å². The fourth-order valence-electron chi connectivity index (χ4n) is 4.67. The van der Waals surface area contributed by atoms with Crippen molar-refractivity contribution in [2.24, 2.45) is 0 Å². The second-order valence-electron chi connectivity index (χ2n) is 10.1. The van der Waals surface area contributed by atoms with Gasteiger partial charge >= 0.3 is 17.8 Å². The Bertz CT molecular complexity index is 1590. The number of alkyl halides is 3. The third kappa shape index (κ3) is 6.30. The van der Waals surface area contributed by atoms with Gasteiger partial charge in [-0.15, -0.1) is 5.10 Å². The minimum atomic E-state index is -4.61. The predicted octanol–water partition coefficient (Wildman–Crippen LogP) is 3.56. The number of carbonyl (C=O) groups excluding carboxylic acids is 1. The summed E-state index contributed by atoms with van der Waals surface area (Å²) in [6.07, 6.45) is -4.61. The smallest absolute Gasteiger partial charge is 0.416 e. The summed E-state index contributed by atoms with van der Waals surface area (Å²) in [5, 5.41) is 22.9. The highest BCUT2D eigenvalue weighted by Crippen LogP contribution is 2.43. The van der Waals surface area contributed by atoms with E-state index in [0.29, 0.717) is 27.7 Å². The Kier molecular flexibility index (Phi) is 8.73. The van der Waals surface area contributed by atoms with Crippen molar-refractivity contribution in [2.45, 2.75) is 25.7 Å². The lowest BCUT2D eigenvalue weighted by Crippen LogP contribution is -2.39. The van der Waals surface area contributed by atoms with E-state index in [0.717, 1.165) is 12.1 Å². The fourth-order valence-corrected chi connectivity index (χ4v) is 4.67. The van der Waals surface area contributed by atoms with Crippen LogP contribution in [0, 0.1) is 11.3 Å². The maximum atomic E-state index is 13.5. The third-order valence-electron chi connectivity index (χ3n) is 6.19. The molecule has 3 aromatic rings. The van der Waals surface area contributed by atoms with E-state index in [9.17, 15) is 28.0 Å². The molecule has 2 aromatic carbocycles. The Morgan fingerprint density at radius 3 is 2.46 bits per heavy atom. The first kappa shape index (κ1) is 30.6. The van der Waals surface area contributed by atoms with E-state index in [1.807, 2.05) is 21.1 Å². The molecule has 0 radical (unpaired) electrons. The normalized spacial score (nSPS) is 14.9. The molecule has 0 fully saturated rings. The quantitative estimate of drug-likeness (QED) is 0.268. The summed E-state index contributed by atoms with van der Waals surface area (Å²) >= 11 is 0. The number of quaternary nitrogens is 1. The molecule has 1 aliphatic heterocycles. The Balaban J connectivity index is 0.00000147. The van der Waals surface area contributed by atoms with E-state index in [1.54, 1.807) is 25.1 Å². The first-order valence-electron chi connectivity index (χ1n) is 12.0. The number of methoxy groups -OCH3 is 1. The highest BCUT2D eigenvalue weighted by atomic mass is 19.4. The number of fused-ring (bicyclic) bond motifs is 1. The maximum Gasteiger partial charge on any atom is 0.416 e. The summed E-state index contributed by atoms with van der Waals surface area (Å²) in [4.78, 5) is 36.1. The summed E-state index contributed by atoms with van der Waals surface area (Å²) in [5.74, 6) is -0.756. The molecule has 1 aromatic heterocycles. The van der Waals surface area contributed by atoms with Crippen LogP contribution in [0.1, 0.15) is 35.2 Å². The van der Waals surface area contributed by atoms with Gasteiger partial charge in [0, 0.05) is 16.9 Å². The van der Waals surface area contributed by atoms with Crippen LogP contribution in [-0.4, -0.2) is 65.0 Å². The van der Waals surface area contributed by atoms with Crippen molar-refractivity contribution in [2.75, 3.05) is 33.2 Å². The second-order valence-corrected chi connectivity index (χ2v) is 10.1. The van der Waals surface area contributed by atoms with Crippen LogP contribution in [0.3, 0.4) is 0 Å².